The molecule has 3 heterocycles. The van der Waals surface area contributed by atoms with E-state index in [0.717, 1.165) is 62.8 Å². The number of furan rings is 1. The van der Waals surface area contributed by atoms with Crippen molar-refractivity contribution in [2.75, 3.05) is 26.2 Å². The van der Waals surface area contributed by atoms with Crippen LogP contribution in [-0.4, -0.2) is 57.4 Å². The summed E-state index contributed by atoms with van der Waals surface area (Å²) in [5, 5.41) is 17.1. The Morgan fingerprint density at radius 3 is 2.85 bits per heavy atom. The van der Waals surface area contributed by atoms with Gasteiger partial charge in [0.15, 0.2) is 0 Å². The van der Waals surface area contributed by atoms with Gasteiger partial charge in [-0.3, -0.25) is 14.9 Å². The Kier molecular flexibility index (Phi) is 6.51. The Bertz CT molecular complexity index is 679. The predicted octanol–water partition coefficient (Wildman–Crippen LogP) is 2.58. The number of aryl methyl sites for hydroxylation is 1. The first kappa shape index (κ1) is 19.1. The first-order valence-electron chi connectivity index (χ1n) is 9.69. The zero-order valence-corrected chi connectivity index (χ0v) is 16.2. The molecule has 3 rings (SSSR count). The topological polar surface area (TPSA) is 68.5 Å². The van der Waals surface area contributed by atoms with Crippen molar-refractivity contribution in [2.24, 2.45) is 5.92 Å². The van der Waals surface area contributed by atoms with Crippen molar-refractivity contribution >= 4 is 0 Å². The average molecular weight is 361 g/mol. The van der Waals surface area contributed by atoms with Crippen molar-refractivity contribution in [3.05, 3.63) is 41.1 Å². The largest absolute Gasteiger partial charge is 0.465 e. The minimum absolute atomic E-state index is 0.217. The van der Waals surface area contributed by atoms with Gasteiger partial charge in [0.1, 0.15) is 11.5 Å². The lowest BCUT2D eigenvalue weighted by molar-refractivity contribution is 0.0449. The van der Waals surface area contributed by atoms with Crippen LogP contribution in [0.25, 0.3) is 0 Å². The summed E-state index contributed by atoms with van der Waals surface area (Å²) in [4.78, 5) is 4.89. The van der Waals surface area contributed by atoms with Gasteiger partial charge in [0.25, 0.3) is 0 Å². The molecular weight excluding hydrogens is 328 g/mol. The molecule has 0 amide bonds. The van der Waals surface area contributed by atoms with Gasteiger partial charge in [-0.05, 0) is 43.9 Å². The maximum absolute atomic E-state index is 9.48. The van der Waals surface area contributed by atoms with Crippen molar-refractivity contribution in [1.82, 2.24) is 20.0 Å². The highest BCUT2D eigenvalue weighted by atomic mass is 16.3. The molecule has 6 nitrogen and oxygen atoms in total. The molecule has 1 unspecified atom stereocenters. The van der Waals surface area contributed by atoms with Crippen molar-refractivity contribution in [3.63, 3.8) is 0 Å². The fourth-order valence-electron chi connectivity index (χ4n) is 3.76. The smallest absolute Gasteiger partial charge is 0.118 e. The minimum atomic E-state index is 0.217. The number of hydrogen-bond donors (Lipinski definition) is 2. The number of piperazine rings is 1. The maximum Gasteiger partial charge on any atom is 0.118 e. The molecule has 1 aliphatic rings. The molecule has 0 aliphatic carbocycles. The number of nitrogens with zero attached hydrogens (tertiary/aromatic N) is 3. The molecule has 0 aromatic carbocycles. The van der Waals surface area contributed by atoms with Crippen LogP contribution in [0.2, 0.25) is 0 Å². The molecule has 1 saturated heterocycles. The molecule has 26 heavy (non-hydrogen) atoms. The molecule has 0 saturated carbocycles. The van der Waals surface area contributed by atoms with Crippen LogP contribution < -0.4 is 0 Å². The van der Waals surface area contributed by atoms with Gasteiger partial charge in [0.05, 0.1) is 12.2 Å². The average Bonchev–Trinajstić information content (AvgIpc) is 3.18. The van der Waals surface area contributed by atoms with E-state index in [-0.39, 0.29) is 6.61 Å². The van der Waals surface area contributed by atoms with Gasteiger partial charge in [0, 0.05) is 44.5 Å². The van der Waals surface area contributed by atoms with Gasteiger partial charge in [-0.1, -0.05) is 13.8 Å². The predicted molar refractivity (Wildman–Crippen MR) is 102 cm³/mol. The van der Waals surface area contributed by atoms with E-state index in [0.29, 0.717) is 12.0 Å². The van der Waals surface area contributed by atoms with Crippen LogP contribution in [0.15, 0.2) is 22.6 Å². The van der Waals surface area contributed by atoms with Gasteiger partial charge >= 0.3 is 0 Å². The lowest BCUT2D eigenvalue weighted by Gasteiger charge is -2.40. The van der Waals surface area contributed by atoms with Crippen LogP contribution in [0.5, 0.6) is 0 Å². The second kappa shape index (κ2) is 8.84. The number of H-pyrrole nitrogens is 1. The molecule has 0 radical (unpaired) electrons. The molecule has 6 heteroatoms. The second-order valence-electron chi connectivity index (χ2n) is 7.87. The maximum atomic E-state index is 9.48. The van der Waals surface area contributed by atoms with Crippen LogP contribution in [0.1, 0.15) is 43.2 Å². The van der Waals surface area contributed by atoms with E-state index in [9.17, 15) is 5.11 Å². The highest BCUT2D eigenvalue weighted by molar-refractivity contribution is 5.10. The number of aromatic amines is 1. The Balaban J connectivity index is 1.57. The molecule has 144 valence electrons. The van der Waals surface area contributed by atoms with Crippen molar-refractivity contribution in [3.8, 4) is 0 Å². The summed E-state index contributed by atoms with van der Waals surface area (Å²) in [6, 6.07) is 6.61. The van der Waals surface area contributed by atoms with Crippen LogP contribution in [0.4, 0.5) is 0 Å². The number of nitrogens with one attached hydrogen (secondary N) is 1. The summed E-state index contributed by atoms with van der Waals surface area (Å²) in [5.74, 6) is 2.58. The SMILES string of the molecule is Cc1ccc(CN2CCN(Cc3cc(CC(C)C)n[nH]3)CC2CCO)o1. The molecule has 1 aliphatic heterocycles. The minimum Gasteiger partial charge on any atom is -0.465 e. The van der Waals surface area contributed by atoms with Crippen molar-refractivity contribution in [1.29, 1.82) is 0 Å². The van der Waals surface area contributed by atoms with Gasteiger partial charge in [-0.2, -0.15) is 5.10 Å². The van der Waals surface area contributed by atoms with Crippen LogP contribution in [0.3, 0.4) is 0 Å². The first-order chi connectivity index (χ1) is 12.5. The number of aromatic nitrogens is 2. The third-order valence-electron chi connectivity index (χ3n) is 5.00. The van der Waals surface area contributed by atoms with Crippen molar-refractivity contribution in [2.45, 2.75) is 52.7 Å². The summed E-state index contributed by atoms with van der Waals surface area (Å²) in [7, 11) is 0. The van der Waals surface area contributed by atoms with Crippen LogP contribution in [-0.2, 0) is 19.5 Å². The standard InChI is InChI=1S/C20H32N4O2/c1-15(2)10-17-11-18(22-21-17)12-23-7-8-24(19(13-23)6-9-25)14-20-5-4-16(3)26-20/h4-5,11,15,19,25H,6-10,12-14H2,1-3H3,(H,21,22). The van der Waals surface area contributed by atoms with E-state index >= 15 is 0 Å². The Morgan fingerprint density at radius 2 is 2.15 bits per heavy atom. The Hall–Kier alpha value is -1.63. The van der Waals surface area contributed by atoms with E-state index < -0.39 is 0 Å². The third kappa shape index (κ3) is 5.19. The summed E-state index contributed by atoms with van der Waals surface area (Å²) >= 11 is 0. The molecule has 2 aromatic heterocycles. The van der Waals surface area contributed by atoms with Crippen molar-refractivity contribution < 1.29 is 9.52 Å². The highest BCUT2D eigenvalue weighted by Crippen LogP contribution is 2.19. The molecule has 0 spiro atoms. The third-order valence-corrected chi connectivity index (χ3v) is 5.00. The number of aliphatic hydroxyl groups is 1. The zero-order valence-electron chi connectivity index (χ0n) is 16.2. The van der Waals surface area contributed by atoms with Gasteiger partial charge in [-0.15, -0.1) is 0 Å². The van der Waals surface area contributed by atoms with Crippen LogP contribution in [0, 0.1) is 12.8 Å². The lowest BCUT2D eigenvalue weighted by atomic mass is 10.1. The van der Waals surface area contributed by atoms with E-state index in [4.69, 9.17) is 4.42 Å². The van der Waals surface area contributed by atoms with E-state index in [1.807, 2.05) is 13.0 Å². The fraction of sp³-hybridized carbons (Fsp3) is 0.650. The Labute approximate surface area is 156 Å². The molecule has 1 atom stereocenters. The highest BCUT2D eigenvalue weighted by Gasteiger charge is 2.27. The molecule has 0 bridgehead atoms. The summed E-state index contributed by atoms with van der Waals surface area (Å²) in [6.07, 6.45) is 1.80. The fourth-order valence-corrected chi connectivity index (χ4v) is 3.76. The second-order valence-corrected chi connectivity index (χ2v) is 7.87. The molecule has 2 aromatic rings. The summed E-state index contributed by atoms with van der Waals surface area (Å²) in [6.45, 7) is 11.3. The lowest BCUT2D eigenvalue weighted by Crippen LogP contribution is -2.52. The van der Waals surface area contributed by atoms with Gasteiger partial charge in [-0.25, -0.2) is 0 Å². The number of rotatable bonds is 8. The van der Waals surface area contributed by atoms with E-state index in [2.05, 4.69) is 46.0 Å². The van der Waals surface area contributed by atoms with Gasteiger partial charge in [0.2, 0.25) is 0 Å². The quantitative estimate of drug-likeness (QED) is 0.757. The first-order valence-corrected chi connectivity index (χ1v) is 9.69. The number of hydrogen-bond acceptors (Lipinski definition) is 5. The number of aliphatic hydroxyl groups excluding tert-OH is 1. The van der Waals surface area contributed by atoms with E-state index in [1.165, 1.54) is 5.69 Å². The normalized spacial score (nSPS) is 19.5. The molecule has 1 fully saturated rings. The Morgan fingerprint density at radius 1 is 1.31 bits per heavy atom. The molecular formula is C20H32N4O2. The zero-order chi connectivity index (χ0) is 18.5. The monoisotopic (exact) mass is 360 g/mol. The van der Waals surface area contributed by atoms with Gasteiger partial charge < -0.3 is 9.52 Å². The molecule has 2 N–H and O–H groups in total. The summed E-state index contributed by atoms with van der Waals surface area (Å²) < 4.78 is 5.74. The van der Waals surface area contributed by atoms with Crippen LogP contribution >= 0.6 is 0 Å². The van der Waals surface area contributed by atoms with E-state index in [1.54, 1.807) is 0 Å². The summed E-state index contributed by atoms with van der Waals surface area (Å²) in [5.41, 5.74) is 2.33.